The fraction of sp³-hybridized carbons (Fsp3) is 0.417. The van der Waals surface area contributed by atoms with E-state index in [4.69, 9.17) is 23.2 Å². The topological polar surface area (TPSA) is 49.4 Å². The summed E-state index contributed by atoms with van der Waals surface area (Å²) in [6.07, 6.45) is 1.68. The first kappa shape index (κ1) is 25.6. The quantitative estimate of drug-likeness (QED) is 0.389. The lowest BCUT2D eigenvalue weighted by atomic mass is 10.1. The predicted molar refractivity (Wildman–Crippen MR) is 131 cm³/mol. The average molecular weight is 481 g/mol. The molecule has 1 N–H and O–H groups in total. The first-order chi connectivity index (χ1) is 14.8. The van der Waals surface area contributed by atoms with Crippen LogP contribution in [0.25, 0.3) is 0 Å². The summed E-state index contributed by atoms with van der Waals surface area (Å²) in [6.45, 7) is 6.16. The van der Waals surface area contributed by atoms with Crippen LogP contribution in [0, 0.1) is 0 Å². The molecule has 0 saturated heterocycles. The number of nitrogens with one attached hydrogen (secondary N) is 1. The van der Waals surface area contributed by atoms with Crippen molar-refractivity contribution in [3.63, 3.8) is 0 Å². The zero-order chi connectivity index (χ0) is 22.8. The van der Waals surface area contributed by atoms with Gasteiger partial charge in [0.15, 0.2) is 0 Å². The van der Waals surface area contributed by atoms with Crippen molar-refractivity contribution in [2.24, 2.45) is 0 Å². The maximum atomic E-state index is 13.2. The third kappa shape index (κ3) is 8.06. The van der Waals surface area contributed by atoms with E-state index in [9.17, 15) is 9.59 Å². The average Bonchev–Trinajstić information content (AvgIpc) is 2.75. The number of hydrogen-bond acceptors (Lipinski definition) is 3. The molecule has 0 aliphatic heterocycles. The molecular formula is C24H30Cl2N2O2S. The largest absolute Gasteiger partial charge is 0.352 e. The molecule has 0 spiro atoms. The zero-order valence-corrected chi connectivity index (χ0v) is 20.6. The molecule has 0 aromatic heterocycles. The Morgan fingerprint density at radius 3 is 2.39 bits per heavy atom. The lowest BCUT2D eigenvalue weighted by Gasteiger charge is -2.31. The minimum Gasteiger partial charge on any atom is -0.352 e. The van der Waals surface area contributed by atoms with Gasteiger partial charge in [-0.15, -0.1) is 11.8 Å². The summed E-state index contributed by atoms with van der Waals surface area (Å²) < 4.78 is 0. The lowest BCUT2D eigenvalue weighted by molar-refractivity contribution is -0.141. The second kappa shape index (κ2) is 13.0. The van der Waals surface area contributed by atoms with Gasteiger partial charge in [0.05, 0.1) is 0 Å². The van der Waals surface area contributed by atoms with Gasteiger partial charge in [-0.3, -0.25) is 9.59 Å². The van der Waals surface area contributed by atoms with E-state index in [2.05, 4.69) is 5.32 Å². The monoisotopic (exact) mass is 480 g/mol. The first-order valence-corrected chi connectivity index (χ1v) is 12.3. The Kier molecular flexibility index (Phi) is 10.7. The van der Waals surface area contributed by atoms with Crippen LogP contribution in [0.5, 0.6) is 0 Å². The molecule has 31 heavy (non-hydrogen) atoms. The molecule has 0 aliphatic rings. The molecule has 2 aromatic carbocycles. The van der Waals surface area contributed by atoms with Gasteiger partial charge in [-0.25, -0.2) is 0 Å². The molecule has 0 heterocycles. The summed E-state index contributed by atoms with van der Waals surface area (Å²) >= 11 is 14.0. The molecule has 0 fully saturated rings. The highest BCUT2D eigenvalue weighted by Gasteiger charge is 2.29. The second-order valence-corrected chi connectivity index (χ2v) is 9.42. The van der Waals surface area contributed by atoms with Gasteiger partial charge >= 0.3 is 0 Å². The van der Waals surface area contributed by atoms with E-state index in [1.165, 1.54) is 0 Å². The number of amides is 2. The van der Waals surface area contributed by atoms with Crippen molar-refractivity contribution in [1.82, 2.24) is 10.2 Å². The lowest BCUT2D eigenvalue weighted by Crippen LogP contribution is -2.50. The van der Waals surface area contributed by atoms with Crippen LogP contribution in [0.1, 0.15) is 45.6 Å². The summed E-state index contributed by atoms with van der Waals surface area (Å²) in [5.41, 5.74) is 0.768. The summed E-state index contributed by atoms with van der Waals surface area (Å²) in [4.78, 5) is 29.0. The first-order valence-electron chi connectivity index (χ1n) is 10.6. The van der Waals surface area contributed by atoms with Crippen molar-refractivity contribution in [2.75, 3.05) is 5.75 Å². The standard InChI is InChI=1S/C24H30Cl2N2O2S/c1-4-17(3)27-24(30)22(5-2)28(16-18-11-12-19(25)15-21(18)26)23(29)13-14-31-20-9-7-6-8-10-20/h6-12,15,17,22H,4-5,13-14,16H2,1-3H3,(H,27,30)/t17-,22+/m1/s1. The number of halogens is 2. The Hall–Kier alpha value is -1.69. The van der Waals surface area contributed by atoms with Gasteiger partial charge in [-0.1, -0.05) is 61.3 Å². The minimum absolute atomic E-state index is 0.0475. The zero-order valence-electron chi connectivity index (χ0n) is 18.2. The van der Waals surface area contributed by atoms with Crippen LogP contribution in [0.2, 0.25) is 10.0 Å². The molecule has 0 radical (unpaired) electrons. The minimum atomic E-state index is -0.560. The highest BCUT2D eigenvalue weighted by atomic mass is 35.5. The summed E-state index contributed by atoms with van der Waals surface area (Å²) in [6, 6.07) is 14.7. The number of nitrogens with zero attached hydrogens (tertiary/aromatic N) is 1. The van der Waals surface area contributed by atoms with Crippen LogP contribution in [-0.4, -0.2) is 34.6 Å². The van der Waals surface area contributed by atoms with Crippen molar-refractivity contribution in [3.05, 3.63) is 64.1 Å². The van der Waals surface area contributed by atoms with E-state index in [0.717, 1.165) is 16.9 Å². The van der Waals surface area contributed by atoms with Gasteiger partial charge in [-0.05, 0) is 49.6 Å². The molecule has 0 unspecified atom stereocenters. The predicted octanol–water partition coefficient (Wildman–Crippen LogP) is 6.20. The molecule has 2 aromatic rings. The molecule has 4 nitrogen and oxygen atoms in total. The molecule has 0 saturated carbocycles. The molecule has 2 amide bonds. The normalized spacial score (nSPS) is 12.8. The van der Waals surface area contributed by atoms with E-state index in [1.807, 2.05) is 57.2 Å². The third-order valence-corrected chi connectivity index (χ3v) is 6.67. The Morgan fingerprint density at radius 1 is 1.06 bits per heavy atom. The molecule has 0 aliphatic carbocycles. The van der Waals surface area contributed by atoms with E-state index < -0.39 is 6.04 Å². The van der Waals surface area contributed by atoms with E-state index >= 15 is 0 Å². The van der Waals surface area contributed by atoms with Crippen molar-refractivity contribution >= 4 is 46.8 Å². The Bertz CT molecular complexity index is 864. The van der Waals surface area contributed by atoms with E-state index in [1.54, 1.807) is 28.8 Å². The summed E-state index contributed by atoms with van der Waals surface area (Å²) in [7, 11) is 0. The Morgan fingerprint density at radius 2 is 1.77 bits per heavy atom. The molecule has 168 valence electrons. The smallest absolute Gasteiger partial charge is 0.243 e. The maximum absolute atomic E-state index is 13.2. The number of thioether (sulfide) groups is 1. The number of carbonyl (C=O) groups is 2. The number of benzene rings is 2. The van der Waals surface area contributed by atoms with Gasteiger partial charge < -0.3 is 10.2 Å². The van der Waals surface area contributed by atoms with Crippen molar-refractivity contribution in [2.45, 2.75) is 63.6 Å². The number of carbonyl (C=O) groups excluding carboxylic acids is 2. The fourth-order valence-corrected chi connectivity index (χ4v) is 4.44. The molecule has 2 rings (SSSR count). The van der Waals surface area contributed by atoms with Gasteiger partial charge in [0, 0.05) is 39.7 Å². The van der Waals surface area contributed by atoms with Gasteiger partial charge in [-0.2, -0.15) is 0 Å². The molecular weight excluding hydrogens is 451 g/mol. The maximum Gasteiger partial charge on any atom is 0.243 e. The van der Waals surface area contributed by atoms with Gasteiger partial charge in [0.25, 0.3) is 0 Å². The number of hydrogen-bond donors (Lipinski definition) is 1. The van der Waals surface area contributed by atoms with Crippen LogP contribution in [0.4, 0.5) is 0 Å². The van der Waals surface area contributed by atoms with Crippen molar-refractivity contribution < 1.29 is 9.59 Å². The Labute approximate surface area is 199 Å². The third-order valence-electron chi connectivity index (χ3n) is 5.07. The number of rotatable bonds is 11. The van der Waals surface area contributed by atoms with Gasteiger partial charge in [0.2, 0.25) is 11.8 Å². The molecule has 2 atom stereocenters. The van der Waals surface area contributed by atoms with E-state index in [-0.39, 0.29) is 24.4 Å². The summed E-state index contributed by atoms with van der Waals surface area (Å²) in [5, 5.41) is 4.04. The van der Waals surface area contributed by atoms with Crippen LogP contribution in [-0.2, 0) is 16.1 Å². The van der Waals surface area contributed by atoms with Gasteiger partial charge in [0.1, 0.15) is 6.04 Å². The molecule has 0 bridgehead atoms. The van der Waals surface area contributed by atoms with Crippen LogP contribution in [0.3, 0.4) is 0 Å². The van der Waals surface area contributed by atoms with Crippen LogP contribution >= 0.6 is 35.0 Å². The SMILES string of the molecule is CC[C@@H](C)NC(=O)[C@H](CC)N(Cc1ccc(Cl)cc1Cl)C(=O)CCSc1ccccc1. The van der Waals surface area contributed by atoms with Crippen LogP contribution in [0.15, 0.2) is 53.4 Å². The highest BCUT2D eigenvalue weighted by Crippen LogP contribution is 2.25. The molecule has 7 heteroatoms. The van der Waals surface area contributed by atoms with Crippen molar-refractivity contribution in [1.29, 1.82) is 0 Å². The second-order valence-electron chi connectivity index (χ2n) is 7.41. The van der Waals surface area contributed by atoms with Crippen molar-refractivity contribution in [3.8, 4) is 0 Å². The Balaban J connectivity index is 2.18. The van der Waals surface area contributed by atoms with E-state index in [0.29, 0.717) is 28.6 Å². The highest BCUT2D eigenvalue weighted by molar-refractivity contribution is 7.99. The van der Waals surface area contributed by atoms with Crippen LogP contribution < -0.4 is 5.32 Å². The fourth-order valence-electron chi connectivity index (χ4n) is 3.11. The summed E-state index contributed by atoms with van der Waals surface area (Å²) in [5.74, 6) is 0.434.